The van der Waals surface area contributed by atoms with E-state index < -0.39 is 0 Å². The van der Waals surface area contributed by atoms with Crippen molar-refractivity contribution in [2.24, 2.45) is 0 Å². The normalized spacial score (nSPS) is 14.7. The van der Waals surface area contributed by atoms with Crippen molar-refractivity contribution in [1.29, 1.82) is 0 Å². The number of hydrogen-bond acceptors (Lipinski definition) is 4. The number of carbonyl (C=O) groups is 2. The van der Waals surface area contributed by atoms with Crippen LogP contribution in [0.2, 0.25) is 0 Å². The zero-order valence-electron chi connectivity index (χ0n) is 17.0. The fraction of sp³-hybridized carbons (Fsp3) is 0.455. The van der Waals surface area contributed by atoms with E-state index in [1.54, 1.807) is 7.11 Å². The van der Waals surface area contributed by atoms with Crippen molar-refractivity contribution in [3.8, 4) is 5.69 Å². The summed E-state index contributed by atoms with van der Waals surface area (Å²) in [5.41, 5.74) is 2.10. The Morgan fingerprint density at radius 3 is 2.38 bits per heavy atom. The van der Waals surface area contributed by atoms with Crippen LogP contribution in [0, 0.1) is 0 Å². The number of carbonyl (C=O) groups excluding carboxylic acids is 2. The van der Waals surface area contributed by atoms with Crippen molar-refractivity contribution in [1.82, 2.24) is 19.7 Å². The summed E-state index contributed by atoms with van der Waals surface area (Å²) in [4.78, 5) is 28.6. The molecule has 0 bridgehead atoms. The minimum absolute atomic E-state index is 0.0312. The van der Waals surface area contributed by atoms with Gasteiger partial charge in [0.25, 0.3) is 0 Å². The number of nitrogens with zero attached hydrogens (tertiary/aromatic N) is 3. The Bertz CT molecular complexity index is 766. The van der Waals surface area contributed by atoms with Gasteiger partial charge < -0.3 is 19.5 Å². The summed E-state index contributed by atoms with van der Waals surface area (Å²) in [6.45, 7) is 4.45. The minimum atomic E-state index is 0.0312. The maximum Gasteiger partial charge on any atom is 0.234 e. The van der Waals surface area contributed by atoms with Crippen LogP contribution in [-0.4, -0.2) is 79.2 Å². The van der Waals surface area contributed by atoms with Gasteiger partial charge in [-0.05, 0) is 36.2 Å². The average Bonchev–Trinajstić information content (AvgIpc) is 3.27. The highest BCUT2D eigenvalue weighted by Crippen LogP contribution is 2.12. The largest absolute Gasteiger partial charge is 0.385 e. The Labute approximate surface area is 172 Å². The number of rotatable bonds is 9. The molecule has 1 aromatic carbocycles. The number of ether oxygens (including phenoxy) is 1. The van der Waals surface area contributed by atoms with Gasteiger partial charge in [0.1, 0.15) is 0 Å². The van der Waals surface area contributed by atoms with Crippen molar-refractivity contribution in [2.45, 2.75) is 12.8 Å². The molecule has 0 spiro atoms. The average molecular weight is 399 g/mol. The van der Waals surface area contributed by atoms with Gasteiger partial charge in [0, 0.05) is 64.5 Å². The number of hydrogen-bond donors (Lipinski definition) is 1. The van der Waals surface area contributed by atoms with E-state index in [4.69, 9.17) is 4.74 Å². The lowest BCUT2D eigenvalue weighted by Gasteiger charge is -2.34. The molecule has 1 fully saturated rings. The molecule has 1 aliphatic rings. The van der Waals surface area contributed by atoms with Gasteiger partial charge in [0.2, 0.25) is 11.8 Å². The van der Waals surface area contributed by atoms with Crippen molar-refractivity contribution >= 4 is 11.8 Å². The molecule has 1 N–H and O–H groups in total. The van der Waals surface area contributed by atoms with Crippen LogP contribution in [0.1, 0.15) is 12.0 Å². The standard InChI is InChI=1S/C22H30N4O3/c1-29-16-4-9-23-21(27)18-24-12-14-26(15-13-24)22(28)17-19-5-7-20(8-6-19)25-10-2-3-11-25/h2-3,5-8,10-11H,4,9,12-18H2,1H3,(H,23,27). The smallest absolute Gasteiger partial charge is 0.234 e. The maximum atomic E-state index is 12.6. The fourth-order valence-corrected chi connectivity index (χ4v) is 3.44. The number of aromatic nitrogens is 1. The van der Waals surface area contributed by atoms with E-state index in [9.17, 15) is 9.59 Å². The molecule has 3 rings (SSSR count). The fourth-order valence-electron chi connectivity index (χ4n) is 3.44. The van der Waals surface area contributed by atoms with E-state index in [2.05, 4.69) is 10.2 Å². The lowest BCUT2D eigenvalue weighted by atomic mass is 10.1. The van der Waals surface area contributed by atoms with Crippen LogP contribution in [0.5, 0.6) is 0 Å². The molecular formula is C22H30N4O3. The van der Waals surface area contributed by atoms with Gasteiger partial charge in [-0.25, -0.2) is 0 Å². The number of amides is 2. The van der Waals surface area contributed by atoms with E-state index in [1.165, 1.54) is 0 Å². The van der Waals surface area contributed by atoms with Gasteiger partial charge in [-0.1, -0.05) is 12.1 Å². The second kappa shape index (κ2) is 10.8. The van der Waals surface area contributed by atoms with E-state index in [0.29, 0.717) is 39.2 Å². The first-order valence-corrected chi connectivity index (χ1v) is 10.1. The van der Waals surface area contributed by atoms with Gasteiger partial charge in [-0.3, -0.25) is 14.5 Å². The summed E-state index contributed by atoms with van der Waals surface area (Å²) in [7, 11) is 1.65. The molecule has 7 nitrogen and oxygen atoms in total. The molecule has 29 heavy (non-hydrogen) atoms. The third kappa shape index (κ3) is 6.44. The van der Waals surface area contributed by atoms with Crippen LogP contribution in [0.15, 0.2) is 48.8 Å². The van der Waals surface area contributed by atoms with Gasteiger partial charge in [-0.15, -0.1) is 0 Å². The topological polar surface area (TPSA) is 66.8 Å². The van der Waals surface area contributed by atoms with Crippen molar-refractivity contribution in [3.63, 3.8) is 0 Å². The molecule has 1 aromatic heterocycles. The van der Waals surface area contributed by atoms with Gasteiger partial charge >= 0.3 is 0 Å². The van der Waals surface area contributed by atoms with Crippen LogP contribution in [-0.2, 0) is 20.7 Å². The Morgan fingerprint density at radius 2 is 1.72 bits per heavy atom. The Balaban J connectivity index is 1.39. The first-order valence-electron chi connectivity index (χ1n) is 10.1. The predicted molar refractivity (Wildman–Crippen MR) is 112 cm³/mol. The number of methoxy groups -OCH3 is 1. The summed E-state index contributed by atoms with van der Waals surface area (Å²) in [6.07, 6.45) is 5.22. The monoisotopic (exact) mass is 398 g/mol. The Kier molecular flexibility index (Phi) is 7.84. The van der Waals surface area contributed by atoms with E-state index in [1.807, 2.05) is 58.3 Å². The van der Waals surface area contributed by atoms with Crippen molar-refractivity contribution in [2.75, 3.05) is 53.0 Å². The third-order valence-corrected chi connectivity index (χ3v) is 5.13. The molecule has 2 aromatic rings. The first kappa shape index (κ1) is 21.1. The number of nitrogens with one attached hydrogen (secondary N) is 1. The zero-order valence-corrected chi connectivity index (χ0v) is 17.0. The summed E-state index contributed by atoms with van der Waals surface area (Å²) >= 11 is 0. The predicted octanol–water partition coefficient (Wildman–Crippen LogP) is 1.32. The second-order valence-corrected chi connectivity index (χ2v) is 7.29. The number of piperazine rings is 1. The maximum absolute atomic E-state index is 12.6. The highest BCUT2D eigenvalue weighted by atomic mass is 16.5. The Hall–Kier alpha value is -2.64. The minimum Gasteiger partial charge on any atom is -0.385 e. The molecule has 1 saturated heterocycles. The summed E-state index contributed by atoms with van der Waals surface area (Å²) in [6, 6.07) is 12.1. The molecule has 0 radical (unpaired) electrons. The van der Waals surface area contributed by atoms with Gasteiger partial charge in [-0.2, -0.15) is 0 Å². The first-order chi connectivity index (χ1) is 14.2. The highest BCUT2D eigenvalue weighted by molar-refractivity contribution is 5.79. The summed E-state index contributed by atoms with van der Waals surface area (Å²) < 4.78 is 7.01. The quantitative estimate of drug-likeness (QED) is 0.647. The molecule has 156 valence electrons. The summed E-state index contributed by atoms with van der Waals surface area (Å²) in [5, 5.41) is 2.90. The van der Waals surface area contributed by atoms with Crippen LogP contribution in [0.25, 0.3) is 5.69 Å². The number of benzene rings is 1. The van der Waals surface area contributed by atoms with E-state index >= 15 is 0 Å². The molecular weight excluding hydrogens is 368 g/mol. The van der Waals surface area contributed by atoms with E-state index in [-0.39, 0.29) is 11.8 Å². The van der Waals surface area contributed by atoms with Crippen LogP contribution in [0.4, 0.5) is 0 Å². The lowest BCUT2D eigenvalue weighted by molar-refractivity contribution is -0.132. The zero-order chi connectivity index (χ0) is 20.5. The molecule has 2 heterocycles. The molecule has 7 heteroatoms. The van der Waals surface area contributed by atoms with Crippen LogP contribution in [0.3, 0.4) is 0 Å². The summed E-state index contributed by atoms with van der Waals surface area (Å²) in [5.74, 6) is 0.172. The molecule has 0 saturated carbocycles. The van der Waals surface area contributed by atoms with Gasteiger partial charge in [0.15, 0.2) is 0 Å². The molecule has 0 unspecified atom stereocenters. The third-order valence-electron chi connectivity index (χ3n) is 5.13. The van der Waals surface area contributed by atoms with Gasteiger partial charge in [0.05, 0.1) is 13.0 Å². The molecule has 0 aliphatic carbocycles. The molecule has 2 amide bonds. The van der Waals surface area contributed by atoms with Crippen molar-refractivity contribution < 1.29 is 14.3 Å². The SMILES string of the molecule is COCCCNC(=O)CN1CCN(C(=O)Cc2ccc(-n3cccc3)cc2)CC1. The van der Waals surface area contributed by atoms with Crippen LogP contribution >= 0.6 is 0 Å². The molecule has 1 aliphatic heterocycles. The lowest BCUT2D eigenvalue weighted by Crippen LogP contribution is -2.51. The Morgan fingerprint density at radius 1 is 1.03 bits per heavy atom. The van der Waals surface area contributed by atoms with Crippen LogP contribution < -0.4 is 5.32 Å². The molecule has 0 atom stereocenters. The van der Waals surface area contributed by atoms with Crippen molar-refractivity contribution in [3.05, 3.63) is 54.4 Å². The second-order valence-electron chi connectivity index (χ2n) is 7.29. The van der Waals surface area contributed by atoms with E-state index in [0.717, 1.165) is 30.8 Å². The highest BCUT2D eigenvalue weighted by Gasteiger charge is 2.22.